The third-order valence-corrected chi connectivity index (χ3v) is 2.57. The summed E-state index contributed by atoms with van der Waals surface area (Å²) in [5.74, 6) is 0.365. The summed E-state index contributed by atoms with van der Waals surface area (Å²) in [7, 11) is 1.51. The number of hydrogen-bond donors (Lipinski definition) is 0. The number of nitrogens with zero attached hydrogens (tertiary/aromatic N) is 1. The SMILES string of the molecule is COc1nc(-c2ccccc2)c(C)cc1C=O. The van der Waals surface area contributed by atoms with E-state index in [-0.39, 0.29) is 0 Å². The predicted octanol–water partition coefficient (Wildman–Crippen LogP) is 2.88. The summed E-state index contributed by atoms with van der Waals surface area (Å²) in [5, 5.41) is 0. The molecule has 0 atom stereocenters. The van der Waals surface area contributed by atoms with Crippen LogP contribution in [0.4, 0.5) is 0 Å². The van der Waals surface area contributed by atoms with E-state index in [1.807, 2.05) is 37.3 Å². The lowest BCUT2D eigenvalue weighted by atomic mass is 10.1. The van der Waals surface area contributed by atoms with Gasteiger partial charge in [-0.15, -0.1) is 0 Å². The fourth-order valence-electron chi connectivity index (χ4n) is 1.75. The summed E-state index contributed by atoms with van der Waals surface area (Å²) in [4.78, 5) is 15.2. The molecular weight excluding hydrogens is 214 g/mol. The summed E-state index contributed by atoms with van der Waals surface area (Å²) in [6.45, 7) is 1.93. The molecule has 0 aliphatic carbocycles. The van der Waals surface area contributed by atoms with E-state index in [2.05, 4.69) is 4.98 Å². The highest BCUT2D eigenvalue weighted by Gasteiger charge is 2.10. The molecule has 2 aromatic rings. The van der Waals surface area contributed by atoms with Gasteiger partial charge in [0, 0.05) is 5.56 Å². The van der Waals surface area contributed by atoms with Crippen molar-refractivity contribution in [1.29, 1.82) is 0 Å². The highest BCUT2D eigenvalue weighted by molar-refractivity contribution is 5.80. The van der Waals surface area contributed by atoms with Gasteiger partial charge in [0.15, 0.2) is 6.29 Å². The van der Waals surface area contributed by atoms with Crippen LogP contribution in [0.25, 0.3) is 11.3 Å². The van der Waals surface area contributed by atoms with E-state index in [9.17, 15) is 4.79 Å². The second kappa shape index (κ2) is 4.78. The van der Waals surface area contributed by atoms with E-state index in [4.69, 9.17) is 4.74 Å². The van der Waals surface area contributed by atoms with Crippen LogP contribution in [0.5, 0.6) is 5.88 Å². The Kier molecular flexibility index (Phi) is 3.19. The van der Waals surface area contributed by atoms with Gasteiger partial charge in [-0.25, -0.2) is 4.98 Å². The van der Waals surface area contributed by atoms with Gasteiger partial charge in [0.2, 0.25) is 5.88 Å². The molecule has 3 heteroatoms. The van der Waals surface area contributed by atoms with Gasteiger partial charge in [-0.05, 0) is 18.6 Å². The fourth-order valence-corrected chi connectivity index (χ4v) is 1.75. The minimum atomic E-state index is 0.365. The zero-order valence-electron chi connectivity index (χ0n) is 9.81. The first kappa shape index (κ1) is 11.3. The van der Waals surface area contributed by atoms with Gasteiger partial charge in [-0.2, -0.15) is 0 Å². The van der Waals surface area contributed by atoms with Crippen LogP contribution in [-0.4, -0.2) is 18.4 Å². The van der Waals surface area contributed by atoms with Crippen molar-refractivity contribution in [2.75, 3.05) is 7.11 Å². The van der Waals surface area contributed by atoms with E-state index >= 15 is 0 Å². The number of ether oxygens (including phenoxy) is 1. The molecular formula is C14H13NO2. The van der Waals surface area contributed by atoms with Crippen molar-refractivity contribution in [3.63, 3.8) is 0 Å². The minimum Gasteiger partial charge on any atom is -0.480 e. The summed E-state index contributed by atoms with van der Waals surface area (Å²) in [6.07, 6.45) is 0.758. The zero-order chi connectivity index (χ0) is 12.3. The fraction of sp³-hybridized carbons (Fsp3) is 0.143. The average molecular weight is 227 g/mol. The van der Waals surface area contributed by atoms with Crippen LogP contribution < -0.4 is 4.74 Å². The Morgan fingerprint density at radius 3 is 2.53 bits per heavy atom. The Hall–Kier alpha value is -2.16. The Bertz CT molecular complexity index is 535. The van der Waals surface area contributed by atoms with Crippen molar-refractivity contribution in [1.82, 2.24) is 4.98 Å². The van der Waals surface area contributed by atoms with Gasteiger partial charge in [0.25, 0.3) is 0 Å². The first-order valence-electron chi connectivity index (χ1n) is 5.32. The quantitative estimate of drug-likeness (QED) is 0.757. The molecule has 0 saturated heterocycles. The molecule has 0 fully saturated rings. The molecule has 0 saturated carbocycles. The number of aromatic nitrogens is 1. The summed E-state index contributed by atoms with van der Waals surface area (Å²) in [5.41, 5.74) is 3.29. The molecule has 0 N–H and O–H groups in total. The molecule has 1 aromatic carbocycles. The van der Waals surface area contributed by atoms with Crippen LogP contribution in [0.1, 0.15) is 15.9 Å². The molecule has 0 aliphatic rings. The summed E-state index contributed by atoms with van der Waals surface area (Å²) >= 11 is 0. The smallest absolute Gasteiger partial charge is 0.224 e. The predicted molar refractivity (Wildman–Crippen MR) is 66.3 cm³/mol. The zero-order valence-corrected chi connectivity index (χ0v) is 9.81. The van der Waals surface area contributed by atoms with Crippen molar-refractivity contribution in [3.05, 3.63) is 47.5 Å². The summed E-state index contributed by atoms with van der Waals surface area (Å²) < 4.78 is 5.11. The van der Waals surface area contributed by atoms with E-state index in [0.29, 0.717) is 11.4 Å². The Morgan fingerprint density at radius 2 is 1.94 bits per heavy atom. The van der Waals surface area contributed by atoms with Gasteiger partial charge in [0.05, 0.1) is 18.4 Å². The molecule has 2 rings (SSSR count). The molecule has 86 valence electrons. The molecule has 17 heavy (non-hydrogen) atoms. The van der Waals surface area contributed by atoms with Crippen molar-refractivity contribution in [2.45, 2.75) is 6.92 Å². The number of methoxy groups -OCH3 is 1. The molecule has 0 bridgehead atoms. The van der Waals surface area contributed by atoms with Crippen LogP contribution in [0.2, 0.25) is 0 Å². The number of aldehydes is 1. The van der Waals surface area contributed by atoms with E-state index < -0.39 is 0 Å². The molecule has 3 nitrogen and oxygen atoms in total. The van der Waals surface area contributed by atoms with Gasteiger partial charge >= 0.3 is 0 Å². The third kappa shape index (κ3) is 2.18. The third-order valence-electron chi connectivity index (χ3n) is 2.57. The van der Waals surface area contributed by atoms with Crippen molar-refractivity contribution in [3.8, 4) is 17.1 Å². The first-order valence-corrected chi connectivity index (χ1v) is 5.32. The Labute approximate surface area is 100 Å². The van der Waals surface area contributed by atoms with Crippen molar-refractivity contribution in [2.24, 2.45) is 0 Å². The number of hydrogen-bond acceptors (Lipinski definition) is 3. The topological polar surface area (TPSA) is 39.2 Å². The van der Waals surface area contributed by atoms with Gasteiger partial charge in [-0.3, -0.25) is 4.79 Å². The maximum absolute atomic E-state index is 10.9. The highest BCUT2D eigenvalue weighted by Crippen LogP contribution is 2.25. The van der Waals surface area contributed by atoms with Crippen molar-refractivity contribution < 1.29 is 9.53 Å². The number of aryl methyl sites for hydroxylation is 1. The van der Waals surface area contributed by atoms with Crippen LogP contribution >= 0.6 is 0 Å². The van der Waals surface area contributed by atoms with Crippen molar-refractivity contribution >= 4 is 6.29 Å². The molecule has 1 aromatic heterocycles. The second-order valence-corrected chi connectivity index (χ2v) is 3.74. The molecule has 0 unspecified atom stereocenters. The number of carbonyl (C=O) groups is 1. The maximum Gasteiger partial charge on any atom is 0.224 e. The number of pyridine rings is 1. The van der Waals surface area contributed by atoms with E-state index in [0.717, 1.165) is 23.1 Å². The Morgan fingerprint density at radius 1 is 1.24 bits per heavy atom. The number of benzene rings is 1. The second-order valence-electron chi connectivity index (χ2n) is 3.74. The Balaban J connectivity index is 2.59. The molecule has 0 radical (unpaired) electrons. The monoisotopic (exact) mass is 227 g/mol. The minimum absolute atomic E-state index is 0.365. The standard InChI is InChI=1S/C14H13NO2/c1-10-8-12(9-16)14(17-2)15-13(10)11-6-4-3-5-7-11/h3-9H,1-2H3. The number of rotatable bonds is 3. The maximum atomic E-state index is 10.9. The average Bonchev–Trinajstić information content (AvgIpc) is 2.39. The van der Waals surface area contributed by atoms with E-state index in [1.165, 1.54) is 7.11 Å². The largest absolute Gasteiger partial charge is 0.480 e. The van der Waals surface area contributed by atoms with Gasteiger partial charge < -0.3 is 4.74 Å². The lowest BCUT2D eigenvalue weighted by Crippen LogP contribution is -1.98. The van der Waals surface area contributed by atoms with Crippen LogP contribution in [0.3, 0.4) is 0 Å². The van der Waals surface area contributed by atoms with Crippen LogP contribution in [0.15, 0.2) is 36.4 Å². The van der Waals surface area contributed by atoms with Gasteiger partial charge in [-0.1, -0.05) is 30.3 Å². The molecule has 0 aliphatic heterocycles. The highest BCUT2D eigenvalue weighted by atomic mass is 16.5. The lowest BCUT2D eigenvalue weighted by Gasteiger charge is -2.09. The molecule has 0 spiro atoms. The van der Waals surface area contributed by atoms with Crippen LogP contribution in [0, 0.1) is 6.92 Å². The number of carbonyl (C=O) groups excluding carboxylic acids is 1. The lowest BCUT2D eigenvalue weighted by molar-refractivity contribution is 0.112. The van der Waals surface area contributed by atoms with E-state index in [1.54, 1.807) is 6.07 Å². The summed E-state index contributed by atoms with van der Waals surface area (Å²) in [6, 6.07) is 11.6. The van der Waals surface area contributed by atoms with Gasteiger partial charge in [0.1, 0.15) is 0 Å². The normalized spacial score (nSPS) is 10.0. The molecule has 0 amide bonds. The van der Waals surface area contributed by atoms with Crippen LogP contribution in [-0.2, 0) is 0 Å². The molecule has 1 heterocycles. The first-order chi connectivity index (χ1) is 8.26.